The molecular weight excluding hydrogens is 686 g/mol. The minimum atomic E-state index is -0.751. The van der Waals surface area contributed by atoms with Crippen molar-refractivity contribution in [3.05, 3.63) is 35.9 Å². The van der Waals surface area contributed by atoms with E-state index in [4.69, 9.17) is 14.2 Å². The number of nitrogens with zero attached hydrogens (tertiary/aromatic N) is 2. The van der Waals surface area contributed by atoms with E-state index < -0.39 is 36.3 Å². The van der Waals surface area contributed by atoms with Gasteiger partial charge in [-0.25, -0.2) is 0 Å². The number of methoxy groups -OCH3 is 3. The summed E-state index contributed by atoms with van der Waals surface area (Å²) in [4.78, 5) is 59.2. The minimum absolute atomic E-state index is 0.00600. The van der Waals surface area contributed by atoms with Gasteiger partial charge in [0, 0.05) is 34.9 Å². The number of ether oxygens (including phenoxy) is 3. The van der Waals surface area contributed by atoms with Crippen LogP contribution < -0.4 is 16.0 Å². The smallest absolute Gasteiger partial charge is 0.245 e. The SMILES string of the molecule is CC[C@H](C)[C@@H]([C@@H](CC(=O)N1CCC[C@H]1[C@H](OC)[C@@H](C)C(=O)N[C@@H](Cc1ccccc1)[C@H](C)OC)OC)N(C)C(=O)[C@@H](NC(=O)[C@@H](NC)[C@@H](C)CC)C(C)C. The van der Waals surface area contributed by atoms with E-state index in [9.17, 15) is 19.2 Å². The average molecular weight is 760 g/mol. The van der Waals surface area contributed by atoms with E-state index in [1.807, 2.05) is 76.8 Å². The van der Waals surface area contributed by atoms with E-state index >= 15 is 0 Å². The number of hydrogen-bond acceptors (Lipinski definition) is 8. The first-order valence-corrected chi connectivity index (χ1v) is 20.1. The highest BCUT2D eigenvalue weighted by atomic mass is 16.5. The number of benzene rings is 1. The summed E-state index contributed by atoms with van der Waals surface area (Å²) in [6.07, 6.45) is 2.37. The van der Waals surface area contributed by atoms with Crippen LogP contribution >= 0.6 is 0 Å². The van der Waals surface area contributed by atoms with Crippen molar-refractivity contribution in [1.29, 1.82) is 0 Å². The summed E-state index contributed by atoms with van der Waals surface area (Å²) in [5.74, 6) is -1.32. The second-order valence-corrected chi connectivity index (χ2v) is 15.7. The maximum absolute atomic E-state index is 14.2. The fraction of sp³-hybridized carbons (Fsp3) is 0.762. The van der Waals surface area contributed by atoms with Gasteiger partial charge >= 0.3 is 0 Å². The molecule has 0 bridgehead atoms. The maximum Gasteiger partial charge on any atom is 0.245 e. The molecule has 1 aliphatic heterocycles. The Hall–Kier alpha value is -3.06. The van der Waals surface area contributed by atoms with Gasteiger partial charge in [0.25, 0.3) is 0 Å². The third-order valence-electron chi connectivity index (χ3n) is 11.9. The monoisotopic (exact) mass is 760 g/mol. The summed E-state index contributed by atoms with van der Waals surface area (Å²) in [6, 6.07) is 7.83. The molecule has 1 aliphatic rings. The summed E-state index contributed by atoms with van der Waals surface area (Å²) in [5, 5.41) is 9.35. The Morgan fingerprint density at radius 1 is 0.852 bits per heavy atom. The first kappa shape index (κ1) is 47.1. The van der Waals surface area contributed by atoms with Crippen molar-refractivity contribution in [2.24, 2.45) is 23.7 Å². The first-order chi connectivity index (χ1) is 25.6. The molecule has 2 rings (SSSR count). The van der Waals surface area contributed by atoms with Crippen LogP contribution in [0.15, 0.2) is 30.3 Å². The third-order valence-corrected chi connectivity index (χ3v) is 11.9. The molecule has 0 spiro atoms. The number of hydrogen-bond donors (Lipinski definition) is 3. The summed E-state index contributed by atoms with van der Waals surface area (Å²) in [6.45, 7) is 16.3. The van der Waals surface area contributed by atoms with Crippen molar-refractivity contribution in [2.75, 3.05) is 42.0 Å². The minimum Gasteiger partial charge on any atom is -0.380 e. The first-order valence-electron chi connectivity index (χ1n) is 20.1. The van der Waals surface area contributed by atoms with Crippen LogP contribution in [0.5, 0.6) is 0 Å². The molecule has 0 radical (unpaired) electrons. The molecule has 1 saturated heterocycles. The Morgan fingerprint density at radius 2 is 1.48 bits per heavy atom. The van der Waals surface area contributed by atoms with Crippen molar-refractivity contribution in [1.82, 2.24) is 25.8 Å². The second kappa shape index (κ2) is 23.1. The fourth-order valence-corrected chi connectivity index (χ4v) is 7.87. The van der Waals surface area contributed by atoms with Gasteiger partial charge in [-0.1, -0.05) is 91.6 Å². The number of likely N-dealkylation sites (tertiary alicyclic amines) is 1. The van der Waals surface area contributed by atoms with Crippen molar-refractivity contribution in [2.45, 2.75) is 142 Å². The molecule has 1 fully saturated rings. The third kappa shape index (κ3) is 12.5. The van der Waals surface area contributed by atoms with Gasteiger partial charge in [-0.3, -0.25) is 19.2 Å². The van der Waals surface area contributed by atoms with Gasteiger partial charge in [-0.2, -0.15) is 0 Å². The van der Waals surface area contributed by atoms with Crippen LogP contribution in [0.4, 0.5) is 0 Å². The summed E-state index contributed by atoms with van der Waals surface area (Å²) in [5.41, 5.74) is 1.10. The van der Waals surface area contributed by atoms with Gasteiger partial charge in [0.2, 0.25) is 23.6 Å². The molecule has 4 amide bonds. The Kier molecular flexibility index (Phi) is 20.2. The van der Waals surface area contributed by atoms with E-state index in [-0.39, 0.29) is 66.0 Å². The Bertz CT molecular complexity index is 1300. The highest BCUT2D eigenvalue weighted by Crippen LogP contribution is 2.30. The second-order valence-electron chi connectivity index (χ2n) is 15.7. The summed E-state index contributed by atoms with van der Waals surface area (Å²) < 4.78 is 17.7. The van der Waals surface area contributed by atoms with Crippen LogP contribution in [-0.2, 0) is 39.8 Å². The van der Waals surface area contributed by atoms with Crippen LogP contribution in [0.2, 0.25) is 0 Å². The predicted molar refractivity (Wildman–Crippen MR) is 214 cm³/mol. The lowest BCUT2D eigenvalue weighted by Crippen LogP contribution is -2.59. The van der Waals surface area contributed by atoms with Crippen molar-refractivity contribution < 1.29 is 33.4 Å². The van der Waals surface area contributed by atoms with Crippen LogP contribution in [0.25, 0.3) is 0 Å². The lowest BCUT2D eigenvalue weighted by molar-refractivity contribution is -0.148. The Balaban J connectivity index is 2.27. The van der Waals surface area contributed by atoms with E-state index in [1.54, 1.807) is 40.3 Å². The molecule has 308 valence electrons. The lowest BCUT2D eigenvalue weighted by Gasteiger charge is -2.41. The number of carbonyl (C=O) groups excluding carboxylic acids is 4. The zero-order valence-electron chi connectivity index (χ0n) is 35.5. The molecule has 11 atom stereocenters. The maximum atomic E-state index is 14.2. The van der Waals surface area contributed by atoms with E-state index in [0.717, 1.165) is 24.8 Å². The van der Waals surface area contributed by atoms with E-state index in [2.05, 4.69) is 29.8 Å². The Labute approximate surface area is 326 Å². The molecule has 0 aromatic heterocycles. The van der Waals surface area contributed by atoms with Crippen molar-refractivity contribution in [3.8, 4) is 0 Å². The molecule has 1 aromatic rings. The number of rotatable bonds is 23. The van der Waals surface area contributed by atoms with Crippen LogP contribution in [0, 0.1) is 23.7 Å². The molecule has 12 nitrogen and oxygen atoms in total. The topological polar surface area (TPSA) is 139 Å². The van der Waals surface area contributed by atoms with Gasteiger partial charge in [-0.15, -0.1) is 0 Å². The van der Waals surface area contributed by atoms with Gasteiger partial charge in [-0.05, 0) is 56.6 Å². The van der Waals surface area contributed by atoms with Crippen molar-refractivity contribution >= 4 is 23.6 Å². The zero-order valence-corrected chi connectivity index (χ0v) is 35.5. The lowest BCUT2D eigenvalue weighted by atomic mass is 9.89. The van der Waals surface area contributed by atoms with E-state index in [0.29, 0.717) is 19.4 Å². The van der Waals surface area contributed by atoms with E-state index in [1.165, 1.54) is 0 Å². The normalized spacial score (nSPS) is 20.2. The van der Waals surface area contributed by atoms with Gasteiger partial charge in [0.15, 0.2) is 0 Å². The largest absolute Gasteiger partial charge is 0.380 e. The average Bonchev–Trinajstić information content (AvgIpc) is 3.65. The van der Waals surface area contributed by atoms with Gasteiger partial charge < -0.3 is 40.0 Å². The molecule has 0 saturated carbocycles. The number of nitrogens with one attached hydrogen (secondary N) is 3. The molecule has 54 heavy (non-hydrogen) atoms. The number of carbonyl (C=O) groups is 4. The molecule has 0 unspecified atom stereocenters. The molecular formula is C42H73N5O7. The summed E-state index contributed by atoms with van der Waals surface area (Å²) in [7, 11) is 8.32. The van der Waals surface area contributed by atoms with Gasteiger partial charge in [0.05, 0.1) is 54.8 Å². The standard InChI is InChI=1S/C42H73N5O7/c1-14-27(5)37(43-9)41(50)45-36(26(3)4)42(51)46(10)38(28(6)15-2)34(53-12)25-35(48)47-23-19-22-33(47)39(54-13)29(7)40(49)44-32(30(8)52-11)24-31-20-17-16-18-21-31/h16-18,20-21,26-30,32-34,36-39,43H,14-15,19,22-25H2,1-13H3,(H,44,49)(H,45,50)/t27-,28-,29+,30-,32-,33-,34+,36-,37-,38-,39+/m0/s1. The van der Waals surface area contributed by atoms with Crippen LogP contribution in [0.1, 0.15) is 93.1 Å². The molecule has 3 N–H and O–H groups in total. The fourth-order valence-electron chi connectivity index (χ4n) is 7.87. The molecule has 1 aromatic carbocycles. The highest BCUT2D eigenvalue weighted by molar-refractivity contribution is 5.90. The van der Waals surface area contributed by atoms with Gasteiger partial charge in [0.1, 0.15) is 6.04 Å². The summed E-state index contributed by atoms with van der Waals surface area (Å²) >= 11 is 0. The molecule has 0 aliphatic carbocycles. The number of likely N-dealkylation sites (N-methyl/N-ethyl adjacent to an activating group) is 2. The highest BCUT2D eigenvalue weighted by Gasteiger charge is 2.43. The molecule has 12 heteroatoms. The van der Waals surface area contributed by atoms with Crippen LogP contribution in [0.3, 0.4) is 0 Å². The van der Waals surface area contributed by atoms with Crippen molar-refractivity contribution in [3.63, 3.8) is 0 Å². The molecule has 1 heterocycles. The Morgan fingerprint density at radius 3 is 2.00 bits per heavy atom. The van der Waals surface area contributed by atoms with Crippen LogP contribution in [-0.4, -0.2) is 124 Å². The number of amides is 4. The zero-order chi connectivity index (χ0) is 40.7. The predicted octanol–water partition coefficient (Wildman–Crippen LogP) is 4.44. The quantitative estimate of drug-likeness (QED) is 0.149.